The third-order valence-electron chi connectivity index (χ3n) is 4.81. The molecule has 0 aliphatic rings. The molecule has 0 unspecified atom stereocenters. The van der Waals surface area contributed by atoms with Gasteiger partial charge in [0.1, 0.15) is 0 Å². The summed E-state index contributed by atoms with van der Waals surface area (Å²) in [6.07, 6.45) is 5.78. The van der Waals surface area contributed by atoms with Gasteiger partial charge in [0.15, 0.2) is 11.5 Å². The zero-order valence-corrected chi connectivity index (χ0v) is 19.4. The maximum atomic E-state index is 13.1. The molecule has 0 saturated heterocycles. The first-order chi connectivity index (χ1) is 15.5. The first-order valence-corrected chi connectivity index (χ1v) is 12.4. The average Bonchev–Trinajstić information content (AvgIpc) is 2.81. The summed E-state index contributed by atoms with van der Waals surface area (Å²) in [6.45, 7) is 5.07. The monoisotopic (exact) mass is 458 g/mol. The number of ether oxygens (including phenoxy) is 2. The smallest absolute Gasteiger partial charge is 0.456 e. The van der Waals surface area contributed by atoms with Gasteiger partial charge < -0.3 is 15.0 Å². The Morgan fingerprint density at radius 3 is 2.03 bits per heavy atom. The topological polar surface area (TPSA) is 106 Å². The van der Waals surface area contributed by atoms with E-state index in [0.29, 0.717) is 19.0 Å². The Balaban J connectivity index is 2.34. The van der Waals surface area contributed by atoms with E-state index in [1.165, 1.54) is 30.3 Å². The lowest BCUT2D eigenvalue weighted by atomic mass is 10.1. The molecule has 172 valence electrons. The average molecular weight is 459 g/mol. The van der Waals surface area contributed by atoms with Crippen molar-refractivity contribution in [3.8, 4) is 11.5 Å². The second-order valence-corrected chi connectivity index (χ2v) is 9.19. The summed E-state index contributed by atoms with van der Waals surface area (Å²) in [6, 6.07) is 12.0. The lowest BCUT2D eigenvalue weighted by Crippen LogP contribution is -2.26. The summed E-state index contributed by atoms with van der Waals surface area (Å²) >= 11 is 0. The standard InChI is InChI=1S/C24H30N2O5S/c1-3-5-10-16-30-21-15-14-20(18-22(21)31-17-11-6-4-2)32(28,29)24(26-25)23(27)19-12-8-7-9-13-19/h7-9,12-15,18H,3-6,10-11,16-17H2,1-2H3. The van der Waals surface area contributed by atoms with Crippen LogP contribution in [0.4, 0.5) is 0 Å². The second-order valence-electron chi connectivity index (χ2n) is 7.32. The molecule has 0 spiro atoms. The molecule has 0 aromatic heterocycles. The number of sulfone groups is 1. The Morgan fingerprint density at radius 1 is 0.875 bits per heavy atom. The third kappa shape index (κ3) is 6.77. The fourth-order valence-electron chi connectivity index (χ4n) is 3.00. The molecule has 0 bridgehead atoms. The number of Topliss-reactive ketones (excluding diaryl/α,β-unsaturated/α-hetero) is 1. The predicted octanol–water partition coefficient (Wildman–Crippen LogP) is 5.11. The van der Waals surface area contributed by atoms with E-state index in [0.717, 1.165) is 38.5 Å². The summed E-state index contributed by atoms with van der Waals surface area (Å²) in [5, 5.41) is -0.947. The highest BCUT2D eigenvalue weighted by Crippen LogP contribution is 2.31. The van der Waals surface area contributed by atoms with Gasteiger partial charge >= 0.3 is 5.04 Å². The molecule has 0 aliphatic heterocycles. The number of carbonyl (C=O) groups excluding carboxylic acids is 1. The number of nitrogens with zero attached hydrogens (tertiary/aromatic N) is 2. The maximum absolute atomic E-state index is 13.1. The Hall–Kier alpha value is -2.96. The van der Waals surface area contributed by atoms with E-state index in [2.05, 4.69) is 18.6 Å². The zero-order valence-electron chi connectivity index (χ0n) is 18.6. The van der Waals surface area contributed by atoms with Crippen LogP contribution < -0.4 is 9.47 Å². The Kier molecular flexibility index (Phi) is 10.1. The van der Waals surface area contributed by atoms with E-state index in [9.17, 15) is 18.7 Å². The molecule has 2 aromatic rings. The molecule has 0 N–H and O–H groups in total. The van der Waals surface area contributed by atoms with Crippen LogP contribution in [0.15, 0.2) is 53.4 Å². The number of hydrogen-bond acceptors (Lipinski definition) is 5. The van der Waals surface area contributed by atoms with Crippen molar-refractivity contribution in [2.75, 3.05) is 13.2 Å². The van der Waals surface area contributed by atoms with Crippen LogP contribution in [0.5, 0.6) is 11.5 Å². The highest BCUT2D eigenvalue weighted by Gasteiger charge is 2.38. The quantitative estimate of drug-likeness (QED) is 0.104. The number of ketones is 1. The molecule has 0 atom stereocenters. The largest absolute Gasteiger partial charge is 0.490 e. The molecule has 0 amide bonds. The van der Waals surface area contributed by atoms with Gasteiger partial charge in [0, 0.05) is 11.6 Å². The normalized spacial score (nSPS) is 10.9. The van der Waals surface area contributed by atoms with Crippen molar-refractivity contribution in [2.45, 2.75) is 57.3 Å². The minimum atomic E-state index is -4.39. The van der Waals surface area contributed by atoms with Crippen molar-refractivity contribution in [2.24, 2.45) is 0 Å². The van der Waals surface area contributed by atoms with Crippen LogP contribution in [0.3, 0.4) is 0 Å². The van der Waals surface area contributed by atoms with Gasteiger partial charge in [-0.15, -0.1) is 4.79 Å². The number of benzene rings is 2. The molecular formula is C24H30N2O5S. The Labute approximate surface area is 189 Å². The SMILES string of the molecule is CCCCCOc1ccc(S(=O)(=O)C(=[N+]=[N-])C(=O)c2ccccc2)cc1OCCCCC. The predicted molar refractivity (Wildman–Crippen MR) is 123 cm³/mol. The van der Waals surface area contributed by atoms with E-state index in [1.807, 2.05) is 0 Å². The first-order valence-electron chi connectivity index (χ1n) is 10.9. The van der Waals surface area contributed by atoms with Crippen LogP contribution >= 0.6 is 0 Å². The molecule has 32 heavy (non-hydrogen) atoms. The zero-order chi connectivity index (χ0) is 23.4. The van der Waals surface area contributed by atoms with E-state index in [4.69, 9.17) is 9.47 Å². The minimum absolute atomic E-state index is 0.107. The molecule has 2 aromatic carbocycles. The molecule has 0 heterocycles. The number of unbranched alkanes of at least 4 members (excludes halogenated alkanes) is 4. The van der Waals surface area contributed by atoms with Crippen LogP contribution in [0.1, 0.15) is 62.7 Å². The van der Waals surface area contributed by atoms with Gasteiger partial charge in [-0.3, -0.25) is 4.79 Å². The molecule has 2 rings (SSSR count). The summed E-state index contributed by atoms with van der Waals surface area (Å²) in [5.41, 5.74) is 9.48. The van der Waals surface area contributed by atoms with Gasteiger partial charge in [-0.1, -0.05) is 69.9 Å². The lowest BCUT2D eigenvalue weighted by molar-refractivity contribution is -0.00158. The van der Waals surface area contributed by atoms with Gasteiger partial charge in [0.25, 0.3) is 15.6 Å². The van der Waals surface area contributed by atoms with Gasteiger partial charge in [-0.05, 0) is 25.0 Å². The van der Waals surface area contributed by atoms with E-state index in [1.54, 1.807) is 18.2 Å². The van der Waals surface area contributed by atoms with Crippen LogP contribution in [0, 0.1) is 0 Å². The molecule has 0 radical (unpaired) electrons. The number of rotatable bonds is 13. The Morgan fingerprint density at radius 2 is 1.47 bits per heavy atom. The van der Waals surface area contributed by atoms with Crippen LogP contribution in [-0.4, -0.2) is 37.2 Å². The minimum Gasteiger partial charge on any atom is -0.490 e. The summed E-state index contributed by atoms with van der Waals surface area (Å²) in [7, 11) is -4.39. The number of hydrogen-bond donors (Lipinski definition) is 0. The van der Waals surface area contributed by atoms with E-state index >= 15 is 0 Å². The van der Waals surface area contributed by atoms with Crippen molar-refractivity contribution < 1.29 is 27.5 Å². The third-order valence-corrected chi connectivity index (χ3v) is 6.46. The maximum Gasteiger partial charge on any atom is 0.456 e. The second kappa shape index (κ2) is 12.8. The van der Waals surface area contributed by atoms with Crippen molar-refractivity contribution in [1.82, 2.24) is 0 Å². The summed E-state index contributed by atoms with van der Waals surface area (Å²) in [4.78, 5) is 15.3. The highest BCUT2D eigenvalue weighted by molar-refractivity contribution is 8.08. The van der Waals surface area contributed by atoms with Gasteiger partial charge in [0.2, 0.25) is 0 Å². The lowest BCUT2D eigenvalue weighted by Gasteiger charge is -2.14. The van der Waals surface area contributed by atoms with Crippen LogP contribution in [-0.2, 0) is 9.84 Å². The highest BCUT2D eigenvalue weighted by atomic mass is 32.2. The fourth-order valence-corrected chi connectivity index (χ4v) is 4.20. The first kappa shape index (κ1) is 25.3. The summed E-state index contributed by atoms with van der Waals surface area (Å²) in [5.74, 6) is -0.171. The number of carbonyl (C=O) groups is 1. The van der Waals surface area contributed by atoms with Crippen molar-refractivity contribution >= 4 is 20.7 Å². The molecule has 8 heteroatoms. The van der Waals surface area contributed by atoms with Gasteiger partial charge in [-0.2, -0.15) is 0 Å². The summed E-state index contributed by atoms with van der Waals surface area (Å²) < 4.78 is 37.8. The van der Waals surface area contributed by atoms with Gasteiger partial charge in [0.05, 0.1) is 18.1 Å². The Bertz CT molecular complexity index is 1050. The van der Waals surface area contributed by atoms with Crippen molar-refractivity contribution in [1.29, 1.82) is 0 Å². The molecule has 0 fully saturated rings. The van der Waals surface area contributed by atoms with Crippen LogP contribution in [0.2, 0.25) is 0 Å². The van der Waals surface area contributed by atoms with E-state index in [-0.39, 0.29) is 16.2 Å². The van der Waals surface area contributed by atoms with Gasteiger partial charge in [-0.25, -0.2) is 8.42 Å². The van der Waals surface area contributed by atoms with Crippen molar-refractivity contribution in [3.63, 3.8) is 0 Å². The molecule has 7 nitrogen and oxygen atoms in total. The molecule has 0 aliphatic carbocycles. The van der Waals surface area contributed by atoms with Crippen LogP contribution in [0.25, 0.3) is 5.53 Å². The van der Waals surface area contributed by atoms with E-state index < -0.39 is 20.7 Å². The van der Waals surface area contributed by atoms with Crippen molar-refractivity contribution in [3.05, 3.63) is 59.6 Å². The fraction of sp³-hybridized carbons (Fsp3) is 0.417. The molecule has 0 saturated carbocycles. The molecular weight excluding hydrogens is 428 g/mol.